The molecule has 2 aromatic carbocycles. The van der Waals surface area contributed by atoms with E-state index in [1.54, 1.807) is 17.2 Å². The molecular weight excluding hydrogens is 565 g/mol. The molecule has 0 aliphatic carbocycles. The van der Waals surface area contributed by atoms with Gasteiger partial charge >= 0.3 is 12.2 Å². The average Bonchev–Trinajstić information content (AvgIpc) is 3.50. The van der Waals surface area contributed by atoms with Crippen molar-refractivity contribution in [1.29, 1.82) is 0 Å². The molecule has 0 bridgehead atoms. The molecule has 4 rings (SSSR count). The summed E-state index contributed by atoms with van der Waals surface area (Å²) in [4.78, 5) is 31.3. The number of ether oxygens (including phenoxy) is 2. The van der Waals surface area contributed by atoms with Crippen molar-refractivity contribution in [3.63, 3.8) is 0 Å². The topological polar surface area (TPSA) is 92.9 Å². The number of carbonyl (C=O) groups is 2. The van der Waals surface area contributed by atoms with Crippen molar-refractivity contribution in [3.8, 4) is 0 Å². The zero-order chi connectivity index (χ0) is 31.6. The monoisotopic (exact) mass is 609 g/mol. The van der Waals surface area contributed by atoms with E-state index in [0.717, 1.165) is 16.5 Å². The minimum absolute atomic E-state index is 0.0486. The molecule has 2 amide bonds. The van der Waals surface area contributed by atoms with Crippen LogP contribution in [-0.2, 0) is 20.5 Å². The van der Waals surface area contributed by atoms with Crippen LogP contribution in [0.5, 0.6) is 0 Å². The molecule has 2 heterocycles. The first-order valence-electron chi connectivity index (χ1n) is 14.6. The van der Waals surface area contributed by atoms with Gasteiger partial charge in [0.2, 0.25) is 8.32 Å². The van der Waals surface area contributed by atoms with E-state index in [2.05, 4.69) is 44.2 Å². The number of aromatic nitrogens is 1. The average molecular weight is 610 g/mol. The second-order valence-electron chi connectivity index (χ2n) is 13.6. The summed E-state index contributed by atoms with van der Waals surface area (Å²) in [6.45, 7) is 16.8. The highest BCUT2D eigenvalue weighted by atomic mass is 28.4. The molecule has 0 saturated carbocycles. The number of rotatable bonds is 8. The summed E-state index contributed by atoms with van der Waals surface area (Å²) >= 11 is 0. The molecule has 0 saturated heterocycles. The number of H-pyrrole nitrogens is 1. The molecule has 0 radical (unpaired) electrons. The van der Waals surface area contributed by atoms with Crippen molar-refractivity contribution in [3.05, 3.63) is 83.5 Å². The Balaban J connectivity index is 1.69. The molecule has 10 heteroatoms. The number of halogens is 1. The van der Waals surface area contributed by atoms with E-state index in [1.807, 2.05) is 57.2 Å². The number of benzene rings is 2. The minimum atomic E-state index is -2.23. The van der Waals surface area contributed by atoms with Gasteiger partial charge in [-0.05, 0) is 74.3 Å². The predicted molar refractivity (Wildman–Crippen MR) is 169 cm³/mol. The molecule has 232 valence electrons. The van der Waals surface area contributed by atoms with Gasteiger partial charge in [-0.25, -0.2) is 14.0 Å². The maximum Gasteiger partial charge on any atom is 0.411 e. The third kappa shape index (κ3) is 7.98. The molecule has 1 aliphatic rings. The molecular formula is C33H44FN3O5Si. The summed E-state index contributed by atoms with van der Waals surface area (Å²) in [7, 11) is -2.23. The lowest BCUT2D eigenvalue weighted by atomic mass is 9.90. The Morgan fingerprint density at radius 1 is 1.09 bits per heavy atom. The maximum absolute atomic E-state index is 14.1. The summed E-state index contributed by atoms with van der Waals surface area (Å²) in [5, 5.41) is 3.65. The number of nitrogens with zero attached hydrogens (tertiary/aromatic N) is 1. The van der Waals surface area contributed by atoms with Gasteiger partial charge in [0.05, 0.1) is 18.3 Å². The number of hydrogen-bond acceptors (Lipinski definition) is 5. The number of amides is 2. The van der Waals surface area contributed by atoms with Crippen molar-refractivity contribution in [1.82, 2.24) is 15.2 Å². The normalized spacial score (nSPS) is 16.5. The van der Waals surface area contributed by atoms with Crippen LogP contribution in [0.1, 0.15) is 58.6 Å². The lowest BCUT2D eigenvalue weighted by Gasteiger charge is -2.37. The number of carbonyl (C=O) groups excluding carboxylic acids is 2. The Bertz CT molecular complexity index is 1470. The standard InChI is InChI=1S/C33H44FN3O5Si/c1-32(2,3)41-31(39)37-20-24(42-43(7,8)33(4,5)6)17-29(37)27(26-18-35-28-16-23(34)14-15-25(26)28)19-36-30(38)40-21-22-12-10-9-11-13-22/h9-18,27,29,35H,19-21H2,1-8H3,(H,36,38). The van der Waals surface area contributed by atoms with Gasteiger partial charge in [-0.15, -0.1) is 0 Å². The van der Waals surface area contributed by atoms with Gasteiger partial charge in [-0.3, -0.25) is 4.90 Å². The van der Waals surface area contributed by atoms with Gasteiger partial charge in [0.1, 0.15) is 18.0 Å². The summed E-state index contributed by atoms with van der Waals surface area (Å²) in [5.74, 6) is -0.0947. The van der Waals surface area contributed by atoms with E-state index in [1.165, 1.54) is 12.1 Å². The Labute approximate surface area is 254 Å². The molecule has 8 nitrogen and oxygen atoms in total. The molecule has 2 N–H and O–H groups in total. The molecule has 0 fully saturated rings. The smallest absolute Gasteiger partial charge is 0.411 e. The Kier molecular flexibility index (Phi) is 9.29. The summed E-state index contributed by atoms with van der Waals surface area (Å²) < 4.78 is 32.0. The van der Waals surface area contributed by atoms with Crippen molar-refractivity contribution >= 4 is 31.4 Å². The summed E-state index contributed by atoms with van der Waals surface area (Å²) in [6, 6.07) is 13.4. The van der Waals surface area contributed by atoms with Crippen LogP contribution in [0.2, 0.25) is 18.1 Å². The Morgan fingerprint density at radius 3 is 2.44 bits per heavy atom. The quantitative estimate of drug-likeness (QED) is 0.254. The van der Waals surface area contributed by atoms with Gasteiger partial charge < -0.3 is 24.2 Å². The minimum Gasteiger partial charge on any atom is -0.545 e. The van der Waals surface area contributed by atoms with Crippen LogP contribution in [-0.4, -0.2) is 55.1 Å². The third-order valence-electron chi connectivity index (χ3n) is 8.03. The fourth-order valence-electron chi connectivity index (χ4n) is 4.80. The van der Waals surface area contributed by atoms with Crippen LogP contribution in [0.3, 0.4) is 0 Å². The summed E-state index contributed by atoms with van der Waals surface area (Å²) in [5.41, 5.74) is 1.60. The van der Waals surface area contributed by atoms with Crippen LogP contribution >= 0.6 is 0 Å². The fourth-order valence-corrected chi connectivity index (χ4v) is 5.90. The molecule has 1 aromatic heterocycles. The highest BCUT2D eigenvalue weighted by molar-refractivity contribution is 6.74. The van der Waals surface area contributed by atoms with Crippen LogP contribution in [0.4, 0.5) is 14.0 Å². The van der Waals surface area contributed by atoms with Crippen LogP contribution in [0, 0.1) is 5.82 Å². The Hall–Kier alpha value is -3.79. The van der Waals surface area contributed by atoms with Crippen molar-refractivity contribution < 1.29 is 27.9 Å². The van der Waals surface area contributed by atoms with Gasteiger partial charge in [-0.2, -0.15) is 0 Å². The number of alkyl carbamates (subject to hydrolysis) is 1. The van der Waals surface area contributed by atoms with Crippen LogP contribution in [0.25, 0.3) is 10.9 Å². The van der Waals surface area contributed by atoms with Crippen LogP contribution in [0.15, 0.2) is 66.6 Å². The van der Waals surface area contributed by atoms with E-state index < -0.39 is 38.1 Å². The van der Waals surface area contributed by atoms with Gasteiger partial charge in [0, 0.05) is 29.6 Å². The molecule has 2 atom stereocenters. The SMILES string of the molecule is CC(C)(C)OC(=O)N1CC(O[Si](C)(C)C(C)(C)C)=CC1C(CNC(=O)OCc1ccccc1)c1c[nH]c2cc(F)ccc12. The summed E-state index contributed by atoms with van der Waals surface area (Å²) in [6.07, 6.45) is 2.71. The van der Waals surface area contributed by atoms with Crippen LogP contribution < -0.4 is 5.32 Å². The maximum atomic E-state index is 14.1. The van der Waals surface area contributed by atoms with E-state index in [9.17, 15) is 14.0 Å². The lowest BCUT2D eigenvalue weighted by molar-refractivity contribution is 0.0212. The van der Waals surface area contributed by atoms with E-state index in [4.69, 9.17) is 13.9 Å². The number of aromatic amines is 1. The highest BCUT2D eigenvalue weighted by Gasteiger charge is 2.44. The second kappa shape index (κ2) is 12.4. The molecule has 3 aromatic rings. The predicted octanol–water partition coefficient (Wildman–Crippen LogP) is 7.84. The first-order chi connectivity index (χ1) is 20.0. The Morgan fingerprint density at radius 2 is 1.79 bits per heavy atom. The van der Waals surface area contributed by atoms with Gasteiger partial charge in [0.25, 0.3) is 0 Å². The van der Waals surface area contributed by atoms with Crippen molar-refractivity contribution in [2.45, 2.75) is 83.8 Å². The van der Waals surface area contributed by atoms with E-state index in [0.29, 0.717) is 11.3 Å². The lowest BCUT2D eigenvalue weighted by Crippen LogP contribution is -2.46. The van der Waals surface area contributed by atoms with E-state index in [-0.39, 0.29) is 30.6 Å². The zero-order valence-corrected chi connectivity index (χ0v) is 27.4. The van der Waals surface area contributed by atoms with Gasteiger partial charge in [-0.1, -0.05) is 51.1 Å². The second-order valence-corrected chi connectivity index (χ2v) is 18.3. The first-order valence-corrected chi connectivity index (χ1v) is 17.6. The zero-order valence-electron chi connectivity index (χ0n) is 26.4. The third-order valence-corrected chi connectivity index (χ3v) is 12.4. The molecule has 1 aliphatic heterocycles. The number of nitrogens with one attached hydrogen (secondary N) is 2. The van der Waals surface area contributed by atoms with Gasteiger partial charge in [0.15, 0.2) is 0 Å². The fraction of sp³-hybridized carbons (Fsp3) is 0.455. The van der Waals surface area contributed by atoms with Crippen molar-refractivity contribution in [2.75, 3.05) is 13.1 Å². The number of fused-ring (bicyclic) bond motifs is 1. The highest BCUT2D eigenvalue weighted by Crippen LogP contribution is 2.41. The largest absolute Gasteiger partial charge is 0.545 e. The molecule has 2 unspecified atom stereocenters. The first kappa shape index (κ1) is 32.1. The molecule has 0 spiro atoms. The van der Waals surface area contributed by atoms with Crippen molar-refractivity contribution in [2.24, 2.45) is 0 Å². The van der Waals surface area contributed by atoms with E-state index >= 15 is 0 Å². The number of hydrogen-bond donors (Lipinski definition) is 2. The molecule has 43 heavy (non-hydrogen) atoms.